The van der Waals surface area contributed by atoms with Crippen LogP contribution in [0.3, 0.4) is 0 Å². The van der Waals surface area contributed by atoms with E-state index in [-0.39, 0.29) is 35.2 Å². The van der Waals surface area contributed by atoms with Gasteiger partial charge in [-0.25, -0.2) is 4.98 Å². The molecule has 1 aromatic carbocycles. The smallest absolute Gasteiger partial charge is 0.274 e. The molecule has 220 valence electrons. The van der Waals surface area contributed by atoms with Crippen LogP contribution in [0.2, 0.25) is 5.02 Å². The van der Waals surface area contributed by atoms with Gasteiger partial charge in [-0.3, -0.25) is 14.4 Å². The maximum atomic E-state index is 12.8. The Morgan fingerprint density at radius 2 is 1.73 bits per heavy atom. The van der Waals surface area contributed by atoms with Crippen LogP contribution < -0.4 is 11.1 Å². The van der Waals surface area contributed by atoms with Gasteiger partial charge in [-0.1, -0.05) is 29.3 Å². The molecule has 1 aliphatic rings. The Labute approximate surface area is 245 Å². The molecule has 40 heavy (non-hydrogen) atoms. The zero-order valence-electron chi connectivity index (χ0n) is 24.1. The highest BCUT2D eigenvalue weighted by Crippen LogP contribution is 2.32. The summed E-state index contributed by atoms with van der Waals surface area (Å²) in [5, 5.41) is 14.3. The zero-order valence-corrected chi connectivity index (χ0v) is 25.7. The fourth-order valence-corrected chi connectivity index (χ4v) is 4.55. The molecule has 0 unspecified atom stereocenters. The fourth-order valence-electron chi connectivity index (χ4n) is 4.39. The lowest BCUT2D eigenvalue weighted by atomic mass is 9.84. The summed E-state index contributed by atoms with van der Waals surface area (Å²) in [6.45, 7) is 7.30. The maximum Gasteiger partial charge on any atom is 0.274 e. The van der Waals surface area contributed by atoms with E-state index in [1.54, 1.807) is 44.0 Å². The summed E-state index contributed by atoms with van der Waals surface area (Å²) in [6.07, 6.45) is 3.73. The molecule has 0 spiro atoms. The van der Waals surface area contributed by atoms with Crippen LogP contribution in [0.5, 0.6) is 0 Å². The molecule has 0 saturated heterocycles. The number of carbonyl (C=O) groups is 3. The minimum atomic E-state index is -1.05. The molecule has 0 bridgehead atoms. The third-order valence-corrected chi connectivity index (χ3v) is 7.81. The van der Waals surface area contributed by atoms with Crippen LogP contribution in [0.15, 0.2) is 35.3 Å². The van der Waals surface area contributed by atoms with Gasteiger partial charge in [0.15, 0.2) is 5.69 Å². The Morgan fingerprint density at radius 3 is 2.20 bits per heavy atom. The molecule has 1 aliphatic carbocycles. The first-order valence-corrected chi connectivity index (χ1v) is 13.7. The summed E-state index contributed by atoms with van der Waals surface area (Å²) >= 11 is 12.0. The highest BCUT2D eigenvalue weighted by atomic mass is 35.5. The first-order chi connectivity index (χ1) is 18.5. The number of allylic oxidation sites excluding steroid dienone is 1. The van der Waals surface area contributed by atoms with Gasteiger partial charge in [0, 0.05) is 33.1 Å². The summed E-state index contributed by atoms with van der Waals surface area (Å²) < 4.78 is 0. The Kier molecular flexibility index (Phi) is 11.6. The molecule has 3 amide bonds. The lowest BCUT2D eigenvalue weighted by molar-refractivity contribution is -0.121. The highest BCUT2D eigenvalue weighted by Gasteiger charge is 2.32. The number of halogens is 2. The number of aromatic amines is 1. The molecule has 0 atom stereocenters. The summed E-state index contributed by atoms with van der Waals surface area (Å²) in [5.41, 5.74) is 6.48. The van der Waals surface area contributed by atoms with Gasteiger partial charge < -0.3 is 30.9 Å². The number of primary amides is 1. The van der Waals surface area contributed by atoms with Crippen molar-refractivity contribution in [2.75, 3.05) is 26.5 Å². The first-order valence-electron chi connectivity index (χ1n) is 13.0. The van der Waals surface area contributed by atoms with Gasteiger partial charge in [0.05, 0.1) is 22.6 Å². The molecule has 1 aromatic heterocycles. The van der Waals surface area contributed by atoms with E-state index in [1.165, 1.54) is 6.33 Å². The van der Waals surface area contributed by atoms with Gasteiger partial charge in [0.1, 0.15) is 10.9 Å². The van der Waals surface area contributed by atoms with Gasteiger partial charge in [0.25, 0.3) is 11.8 Å². The van der Waals surface area contributed by atoms with Gasteiger partial charge in [-0.05, 0) is 76.6 Å². The average molecular weight is 596 g/mol. The molecular formula is C28H40Cl2N6O4. The topological polar surface area (TPSA) is 145 Å². The number of nitrogens with one attached hydrogen (secondary N) is 2. The van der Waals surface area contributed by atoms with Crippen molar-refractivity contribution in [1.29, 1.82) is 0 Å². The molecule has 0 aliphatic heterocycles. The minimum Gasteiger partial charge on any atom is -0.386 e. The highest BCUT2D eigenvalue weighted by molar-refractivity contribution is 6.33. The number of carbonyl (C=O) groups excluding carboxylic acids is 3. The van der Waals surface area contributed by atoms with E-state index in [2.05, 4.69) is 15.3 Å². The lowest BCUT2D eigenvalue weighted by Crippen LogP contribution is -2.41. The Bertz CT molecular complexity index is 1240. The second kappa shape index (κ2) is 14.0. The van der Waals surface area contributed by atoms with Crippen molar-refractivity contribution in [3.8, 4) is 0 Å². The van der Waals surface area contributed by atoms with E-state index in [0.29, 0.717) is 42.0 Å². The normalized spacial score (nSPS) is 16.8. The summed E-state index contributed by atoms with van der Waals surface area (Å²) in [4.78, 5) is 47.0. The summed E-state index contributed by atoms with van der Waals surface area (Å²) in [5.74, 6) is -1.49. The van der Waals surface area contributed by atoms with E-state index in [4.69, 9.17) is 28.9 Å². The summed E-state index contributed by atoms with van der Waals surface area (Å²) in [6, 6.07) is 4.97. The van der Waals surface area contributed by atoms with Crippen molar-refractivity contribution in [2.24, 2.45) is 11.7 Å². The fraction of sp³-hybridized carbons (Fsp3) is 0.500. The van der Waals surface area contributed by atoms with Crippen molar-refractivity contribution in [1.82, 2.24) is 19.8 Å². The van der Waals surface area contributed by atoms with Crippen LogP contribution >= 0.6 is 23.2 Å². The average Bonchev–Trinajstić information content (AvgIpc) is 3.39. The number of nitrogens with zero attached hydrogens (tertiary/aromatic N) is 3. The molecule has 1 fully saturated rings. The minimum absolute atomic E-state index is 0.00111. The van der Waals surface area contributed by atoms with E-state index in [9.17, 15) is 19.5 Å². The number of amides is 3. The van der Waals surface area contributed by atoms with E-state index < -0.39 is 11.5 Å². The first kappa shape index (κ1) is 33.1. The second-order valence-corrected chi connectivity index (χ2v) is 11.6. The van der Waals surface area contributed by atoms with Gasteiger partial charge in [-0.2, -0.15) is 0 Å². The quantitative estimate of drug-likeness (QED) is 0.342. The Hall–Kier alpha value is -3.08. The third kappa shape index (κ3) is 8.71. The Morgan fingerprint density at radius 1 is 1.12 bits per heavy atom. The summed E-state index contributed by atoms with van der Waals surface area (Å²) in [7, 11) is 5.51. The molecule has 2 aromatic rings. The monoisotopic (exact) mass is 594 g/mol. The number of imidazole rings is 1. The van der Waals surface area contributed by atoms with E-state index >= 15 is 0 Å². The number of H-pyrrole nitrogens is 1. The van der Waals surface area contributed by atoms with Crippen molar-refractivity contribution in [3.63, 3.8) is 0 Å². The molecular weight excluding hydrogens is 555 g/mol. The van der Waals surface area contributed by atoms with E-state index in [0.717, 1.165) is 10.7 Å². The lowest BCUT2D eigenvalue weighted by Gasteiger charge is -2.34. The maximum absolute atomic E-state index is 12.8. The van der Waals surface area contributed by atoms with Gasteiger partial charge >= 0.3 is 0 Å². The number of aromatic nitrogens is 2. The molecule has 1 saturated carbocycles. The predicted molar refractivity (Wildman–Crippen MR) is 158 cm³/mol. The standard InChI is InChI=1S/C22H28ClN5O4.C6H12ClN/c1-22(2,32)13-6-9-15(23)16(10-13)27-20(30)12-4-7-14(8-5-12)28(3)21(31)18-17(19(24)29)25-11-26-18;1-5(2)6(7)8(3)4/h6,9-12,14,32H,4-5,7-8H2,1-3H3,(H2,24,29)(H,25,26)(H,27,30);1-4H3/t12-,14-;. The number of hydrogen-bond donors (Lipinski definition) is 4. The van der Waals surface area contributed by atoms with Crippen LogP contribution in [0.1, 0.15) is 79.9 Å². The van der Waals surface area contributed by atoms with Crippen molar-refractivity contribution < 1.29 is 19.5 Å². The molecule has 10 nitrogen and oxygen atoms in total. The van der Waals surface area contributed by atoms with Crippen LogP contribution in [0.4, 0.5) is 5.69 Å². The molecule has 1 heterocycles. The van der Waals surface area contributed by atoms with Gasteiger partial charge in [0.2, 0.25) is 5.91 Å². The SMILES string of the molecule is CC(C)=C(Cl)N(C)C.CN(C(=O)c1nc[nH]c1C(N)=O)[C@H]1CC[C@H](C(=O)Nc2cc(C(C)(C)O)ccc2Cl)CC1. The number of benzene rings is 1. The Balaban J connectivity index is 0.000000611. The van der Waals surface area contributed by atoms with E-state index in [1.807, 2.05) is 32.8 Å². The molecule has 5 N–H and O–H groups in total. The third-order valence-electron chi connectivity index (χ3n) is 6.76. The van der Waals surface area contributed by atoms with Crippen molar-refractivity contribution in [2.45, 2.75) is 65.0 Å². The molecule has 12 heteroatoms. The van der Waals surface area contributed by atoms with Crippen LogP contribution in [-0.2, 0) is 10.4 Å². The second-order valence-electron chi connectivity index (χ2n) is 10.8. The number of rotatable bonds is 7. The zero-order chi connectivity index (χ0) is 30.4. The number of aliphatic hydroxyl groups is 1. The number of nitrogens with two attached hydrogens (primary N) is 1. The molecule has 3 rings (SSSR count). The van der Waals surface area contributed by atoms with Crippen molar-refractivity contribution in [3.05, 3.63) is 57.2 Å². The van der Waals surface area contributed by atoms with Crippen LogP contribution in [0, 0.1) is 5.92 Å². The van der Waals surface area contributed by atoms with Crippen molar-refractivity contribution >= 4 is 46.6 Å². The predicted octanol–water partition coefficient (Wildman–Crippen LogP) is 4.70. The van der Waals surface area contributed by atoms with Crippen LogP contribution in [-0.4, -0.2) is 69.8 Å². The number of anilines is 1. The van der Waals surface area contributed by atoms with Crippen LogP contribution in [0.25, 0.3) is 0 Å². The number of hydrogen-bond acceptors (Lipinski definition) is 6. The molecule has 0 radical (unpaired) electrons. The van der Waals surface area contributed by atoms with Gasteiger partial charge in [-0.15, -0.1) is 0 Å². The largest absolute Gasteiger partial charge is 0.386 e.